The minimum Gasteiger partial charge on any atom is -0.339 e. The fraction of sp³-hybridized carbons (Fsp3) is 0.650. The Morgan fingerprint density at radius 2 is 1.88 bits per heavy atom. The van der Waals surface area contributed by atoms with E-state index >= 15 is 0 Å². The number of rotatable bonds is 7. The summed E-state index contributed by atoms with van der Waals surface area (Å²) in [5.74, 6) is 1.10. The SMILES string of the molecule is Cl.O=C(CCC1CCNC1)N(CCc1ccccc1)C1CCCC1. The second-order valence-electron chi connectivity index (χ2n) is 7.16. The smallest absolute Gasteiger partial charge is 0.222 e. The van der Waals surface area contributed by atoms with Gasteiger partial charge in [0.15, 0.2) is 0 Å². The van der Waals surface area contributed by atoms with Gasteiger partial charge in [-0.05, 0) is 56.7 Å². The number of benzene rings is 1. The van der Waals surface area contributed by atoms with Crippen LogP contribution in [0.2, 0.25) is 0 Å². The lowest BCUT2D eigenvalue weighted by atomic mass is 10.0. The maximum atomic E-state index is 12.8. The van der Waals surface area contributed by atoms with Gasteiger partial charge >= 0.3 is 0 Å². The summed E-state index contributed by atoms with van der Waals surface area (Å²) >= 11 is 0. The summed E-state index contributed by atoms with van der Waals surface area (Å²) in [5, 5.41) is 3.40. The molecule has 1 aromatic rings. The molecule has 0 radical (unpaired) electrons. The molecule has 2 aliphatic rings. The van der Waals surface area contributed by atoms with Crippen molar-refractivity contribution in [3.05, 3.63) is 35.9 Å². The summed E-state index contributed by atoms with van der Waals surface area (Å²) in [7, 11) is 0. The van der Waals surface area contributed by atoms with E-state index in [-0.39, 0.29) is 12.4 Å². The van der Waals surface area contributed by atoms with Gasteiger partial charge in [0.1, 0.15) is 0 Å². The Kier molecular flexibility index (Phi) is 8.07. The largest absolute Gasteiger partial charge is 0.339 e. The molecule has 0 bridgehead atoms. The average molecular weight is 351 g/mol. The van der Waals surface area contributed by atoms with Crippen LogP contribution >= 0.6 is 12.4 Å². The van der Waals surface area contributed by atoms with Crippen LogP contribution in [-0.4, -0.2) is 36.5 Å². The molecule has 0 aromatic heterocycles. The molecule has 1 heterocycles. The van der Waals surface area contributed by atoms with Gasteiger partial charge in [0.05, 0.1) is 0 Å². The summed E-state index contributed by atoms with van der Waals surface area (Å²) < 4.78 is 0. The quantitative estimate of drug-likeness (QED) is 0.811. The molecule has 3 nitrogen and oxygen atoms in total. The predicted octanol–water partition coefficient (Wildman–Crippen LogP) is 3.81. The Labute approximate surface area is 152 Å². The van der Waals surface area contributed by atoms with Crippen molar-refractivity contribution in [2.45, 2.75) is 57.4 Å². The first-order chi connectivity index (χ1) is 11.3. The summed E-state index contributed by atoms with van der Waals surface area (Å²) in [6.45, 7) is 3.11. The Bertz CT molecular complexity index is 482. The topological polar surface area (TPSA) is 32.3 Å². The van der Waals surface area contributed by atoms with Gasteiger partial charge in [-0.25, -0.2) is 0 Å². The Hall–Kier alpha value is -1.06. The van der Waals surface area contributed by atoms with Crippen molar-refractivity contribution in [1.29, 1.82) is 0 Å². The molecule has 1 amide bonds. The molecule has 1 unspecified atom stereocenters. The third kappa shape index (κ3) is 5.49. The van der Waals surface area contributed by atoms with Gasteiger partial charge < -0.3 is 10.2 Å². The summed E-state index contributed by atoms with van der Waals surface area (Å²) in [5.41, 5.74) is 1.34. The Morgan fingerprint density at radius 3 is 2.54 bits per heavy atom. The minimum absolute atomic E-state index is 0. The van der Waals surface area contributed by atoms with Crippen LogP contribution in [-0.2, 0) is 11.2 Å². The number of nitrogens with one attached hydrogen (secondary N) is 1. The van der Waals surface area contributed by atoms with Crippen molar-refractivity contribution >= 4 is 18.3 Å². The van der Waals surface area contributed by atoms with Crippen molar-refractivity contribution in [1.82, 2.24) is 10.2 Å². The van der Waals surface area contributed by atoms with Crippen molar-refractivity contribution in [3.8, 4) is 0 Å². The lowest BCUT2D eigenvalue weighted by molar-refractivity contribution is -0.133. The van der Waals surface area contributed by atoms with Gasteiger partial charge in [-0.1, -0.05) is 43.2 Å². The molecular weight excluding hydrogens is 320 g/mol. The number of carbonyl (C=O) groups excluding carboxylic acids is 1. The Balaban J connectivity index is 0.00000208. The molecule has 1 aromatic carbocycles. The maximum Gasteiger partial charge on any atom is 0.222 e. The van der Waals surface area contributed by atoms with Crippen LogP contribution in [0.15, 0.2) is 30.3 Å². The van der Waals surface area contributed by atoms with E-state index in [1.54, 1.807) is 0 Å². The number of hydrogen-bond acceptors (Lipinski definition) is 2. The second kappa shape index (κ2) is 10.0. The monoisotopic (exact) mass is 350 g/mol. The molecule has 1 aliphatic carbocycles. The second-order valence-corrected chi connectivity index (χ2v) is 7.16. The molecule has 134 valence electrons. The maximum absolute atomic E-state index is 12.8. The van der Waals surface area contributed by atoms with Crippen molar-refractivity contribution in [2.75, 3.05) is 19.6 Å². The zero-order valence-corrected chi connectivity index (χ0v) is 15.4. The first-order valence-electron chi connectivity index (χ1n) is 9.37. The first-order valence-corrected chi connectivity index (χ1v) is 9.37. The minimum atomic E-state index is 0. The van der Waals surface area contributed by atoms with E-state index in [0.717, 1.165) is 38.9 Å². The standard InChI is InChI=1S/C20H30N2O.ClH/c23-20(11-10-18-12-14-21-16-18)22(19-8-4-5-9-19)15-13-17-6-2-1-3-7-17;/h1-3,6-7,18-19,21H,4-5,8-16H2;1H. The van der Waals surface area contributed by atoms with E-state index in [0.29, 0.717) is 17.9 Å². The van der Waals surface area contributed by atoms with Crippen molar-refractivity contribution in [3.63, 3.8) is 0 Å². The van der Waals surface area contributed by atoms with E-state index < -0.39 is 0 Å². The molecule has 1 aliphatic heterocycles. The van der Waals surface area contributed by atoms with Gasteiger partial charge in [0.25, 0.3) is 0 Å². The van der Waals surface area contributed by atoms with Gasteiger partial charge in [-0.15, -0.1) is 12.4 Å². The highest BCUT2D eigenvalue weighted by Gasteiger charge is 2.27. The van der Waals surface area contributed by atoms with Gasteiger partial charge in [-0.3, -0.25) is 4.79 Å². The van der Waals surface area contributed by atoms with Crippen LogP contribution in [0.3, 0.4) is 0 Å². The van der Waals surface area contributed by atoms with E-state index in [4.69, 9.17) is 0 Å². The van der Waals surface area contributed by atoms with Crippen LogP contribution in [0.1, 0.15) is 50.5 Å². The average Bonchev–Trinajstić information content (AvgIpc) is 3.28. The zero-order valence-electron chi connectivity index (χ0n) is 14.6. The molecule has 2 fully saturated rings. The molecule has 1 N–H and O–H groups in total. The van der Waals surface area contributed by atoms with E-state index in [2.05, 4.69) is 40.5 Å². The highest BCUT2D eigenvalue weighted by molar-refractivity contribution is 5.85. The normalized spacial score (nSPS) is 20.8. The lowest BCUT2D eigenvalue weighted by Gasteiger charge is -2.29. The molecule has 1 atom stereocenters. The highest BCUT2D eigenvalue weighted by Crippen LogP contribution is 2.25. The van der Waals surface area contributed by atoms with Crippen LogP contribution < -0.4 is 5.32 Å². The van der Waals surface area contributed by atoms with E-state index in [1.807, 2.05) is 0 Å². The first kappa shape index (κ1) is 19.3. The number of carbonyl (C=O) groups is 1. The molecular formula is C20H31ClN2O. The molecule has 1 saturated heterocycles. The lowest BCUT2D eigenvalue weighted by Crippen LogP contribution is -2.40. The fourth-order valence-corrected chi connectivity index (χ4v) is 4.05. The van der Waals surface area contributed by atoms with Crippen LogP contribution in [0.5, 0.6) is 0 Å². The van der Waals surface area contributed by atoms with Crippen LogP contribution in [0.25, 0.3) is 0 Å². The van der Waals surface area contributed by atoms with Gasteiger partial charge in [0.2, 0.25) is 5.91 Å². The summed E-state index contributed by atoms with van der Waals surface area (Å²) in [6.07, 6.45) is 8.97. The van der Waals surface area contributed by atoms with Crippen molar-refractivity contribution < 1.29 is 4.79 Å². The van der Waals surface area contributed by atoms with Gasteiger partial charge in [-0.2, -0.15) is 0 Å². The predicted molar refractivity (Wildman–Crippen MR) is 102 cm³/mol. The third-order valence-corrected chi connectivity index (χ3v) is 5.50. The number of halogens is 1. The fourth-order valence-electron chi connectivity index (χ4n) is 4.05. The number of amides is 1. The third-order valence-electron chi connectivity index (χ3n) is 5.50. The van der Waals surface area contributed by atoms with Gasteiger partial charge in [0, 0.05) is 19.0 Å². The molecule has 3 rings (SSSR count). The molecule has 4 heteroatoms. The molecule has 0 spiro atoms. The molecule has 24 heavy (non-hydrogen) atoms. The number of hydrogen-bond donors (Lipinski definition) is 1. The van der Waals surface area contributed by atoms with Crippen molar-refractivity contribution in [2.24, 2.45) is 5.92 Å². The summed E-state index contributed by atoms with van der Waals surface area (Å²) in [4.78, 5) is 15.0. The number of nitrogens with zero attached hydrogens (tertiary/aromatic N) is 1. The zero-order chi connectivity index (χ0) is 15.9. The Morgan fingerprint density at radius 1 is 1.12 bits per heavy atom. The van der Waals surface area contributed by atoms with E-state index in [1.165, 1.54) is 37.7 Å². The molecule has 1 saturated carbocycles. The van der Waals surface area contributed by atoms with E-state index in [9.17, 15) is 4.79 Å². The summed E-state index contributed by atoms with van der Waals surface area (Å²) in [6, 6.07) is 11.1. The van der Waals surface area contributed by atoms with Crippen LogP contribution in [0, 0.1) is 5.92 Å². The highest BCUT2D eigenvalue weighted by atomic mass is 35.5. The van der Waals surface area contributed by atoms with Crippen LogP contribution in [0.4, 0.5) is 0 Å².